The molecule has 0 bridgehead atoms. The molecule has 0 saturated heterocycles. The Balaban J connectivity index is 2.30. The van der Waals surface area contributed by atoms with Gasteiger partial charge in [0.25, 0.3) is 0 Å². The third-order valence-electron chi connectivity index (χ3n) is 2.41. The molecule has 86 valence electrons. The predicted octanol–water partition coefficient (Wildman–Crippen LogP) is 1.33. The molecule has 1 atom stereocenters. The molecule has 0 aliphatic carbocycles. The second-order valence-electron chi connectivity index (χ2n) is 3.49. The molecule has 2 N–H and O–H groups in total. The van der Waals surface area contributed by atoms with Crippen molar-refractivity contribution in [1.29, 1.82) is 0 Å². The number of fused-ring (bicyclic) bond motifs is 1. The molecule has 0 radical (unpaired) electrons. The molecule has 1 aromatic carbocycles. The number of ether oxygens (including phenoxy) is 1. The van der Waals surface area contributed by atoms with Crippen LogP contribution in [0.2, 0.25) is 0 Å². The molecular formula is C11H14N2O2S. The molecule has 1 heterocycles. The number of para-hydroxylation sites is 1. The summed E-state index contributed by atoms with van der Waals surface area (Å²) >= 11 is 1.56. The molecule has 4 nitrogen and oxygen atoms in total. The molecule has 1 amide bonds. The quantitative estimate of drug-likeness (QED) is 0.834. The van der Waals surface area contributed by atoms with Gasteiger partial charge in [0, 0.05) is 11.4 Å². The molecule has 1 aliphatic heterocycles. The van der Waals surface area contributed by atoms with Gasteiger partial charge >= 0.3 is 0 Å². The number of anilines is 1. The number of hydrogen-bond donors (Lipinski definition) is 2. The van der Waals surface area contributed by atoms with E-state index in [1.165, 1.54) is 0 Å². The van der Waals surface area contributed by atoms with E-state index in [0.717, 1.165) is 10.6 Å². The highest BCUT2D eigenvalue weighted by Gasteiger charge is 2.27. The first-order valence-electron chi connectivity index (χ1n) is 5.05. The highest BCUT2D eigenvalue weighted by Crippen LogP contribution is 2.40. The Labute approximate surface area is 98.7 Å². The normalized spacial score (nSPS) is 18.9. The molecule has 16 heavy (non-hydrogen) atoms. The third kappa shape index (κ3) is 2.01. The SMILES string of the molecule is CNCC1Sc2cccc(OC)c2NC1=O. The summed E-state index contributed by atoms with van der Waals surface area (Å²) < 4.78 is 5.21. The lowest BCUT2D eigenvalue weighted by molar-refractivity contribution is -0.115. The van der Waals surface area contributed by atoms with Crippen LogP contribution in [0, 0.1) is 0 Å². The van der Waals surface area contributed by atoms with Crippen LogP contribution in [-0.4, -0.2) is 31.9 Å². The van der Waals surface area contributed by atoms with E-state index in [0.29, 0.717) is 12.3 Å². The van der Waals surface area contributed by atoms with Crippen molar-refractivity contribution in [2.24, 2.45) is 0 Å². The van der Waals surface area contributed by atoms with Crippen LogP contribution < -0.4 is 15.4 Å². The Kier molecular flexibility index (Phi) is 3.36. The van der Waals surface area contributed by atoms with Crippen LogP contribution in [0.4, 0.5) is 5.69 Å². The first-order chi connectivity index (χ1) is 7.76. The maximum Gasteiger partial charge on any atom is 0.239 e. The van der Waals surface area contributed by atoms with Gasteiger partial charge in [0.1, 0.15) is 11.0 Å². The second kappa shape index (κ2) is 4.76. The summed E-state index contributed by atoms with van der Waals surface area (Å²) in [7, 11) is 3.45. The van der Waals surface area contributed by atoms with Gasteiger partial charge in [-0.2, -0.15) is 0 Å². The number of benzene rings is 1. The topological polar surface area (TPSA) is 50.4 Å². The van der Waals surface area contributed by atoms with Crippen LogP contribution in [0.1, 0.15) is 0 Å². The minimum absolute atomic E-state index is 0.0244. The number of carbonyl (C=O) groups excluding carboxylic acids is 1. The largest absolute Gasteiger partial charge is 0.495 e. The molecule has 0 fully saturated rings. The van der Waals surface area contributed by atoms with E-state index in [1.54, 1.807) is 18.9 Å². The first-order valence-corrected chi connectivity index (χ1v) is 5.93. The number of thioether (sulfide) groups is 1. The Morgan fingerprint density at radius 2 is 2.38 bits per heavy atom. The highest BCUT2D eigenvalue weighted by molar-refractivity contribution is 8.01. The fourth-order valence-electron chi connectivity index (χ4n) is 1.63. The van der Waals surface area contributed by atoms with Crippen LogP contribution in [0.25, 0.3) is 0 Å². The van der Waals surface area contributed by atoms with E-state index >= 15 is 0 Å². The molecule has 0 aromatic heterocycles. The maximum atomic E-state index is 11.8. The summed E-state index contributed by atoms with van der Waals surface area (Å²) in [5, 5.41) is 5.82. The van der Waals surface area contributed by atoms with Gasteiger partial charge < -0.3 is 15.4 Å². The lowest BCUT2D eigenvalue weighted by Gasteiger charge is -2.25. The standard InChI is InChI=1S/C11H14N2O2S/c1-12-6-9-11(14)13-10-7(15-2)4-3-5-8(10)16-9/h3-5,9,12H,6H2,1-2H3,(H,13,14). The minimum Gasteiger partial charge on any atom is -0.495 e. The molecule has 1 aromatic rings. The van der Waals surface area contributed by atoms with E-state index in [9.17, 15) is 4.79 Å². The lowest BCUT2D eigenvalue weighted by atomic mass is 10.2. The van der Waals surface area contributed by atoms with Crippen LogP contribution in [0.5, 0.6) is 5.75 Å². The van der Waals surface area contributed by atoms with Crippen LogP contribution in [0.3, 0.4) is 0 Å². The van der Waals surface area contributed by atoms with Crippen molar-refractivity contribution in [2.75, 3.05) is 26.0 Å². The van der Waals surface area contributed by atoms with Crippen molar-refractivity contribution in [1.82, 2.24) is 5.32 Å². The van der Waals surface area contributed by atoms with Gasteiger partial charge in [0.15, 0.2) is 0 Å². The molecule has 2 rings (SSSR count). The number of rotatable bonds is 3. The summed E-state index contributed by atoms with van der Waals surface area (Å²) in [6.45, 7) is 0.660. The van der Waals surface area contributed by atoms with E-state index in [2.05, 4.69) is 10.6 Å². The van der Waals surface area contributed by atoms with Crippen molar-refractivity contribution in [3.63, 3.8) is 0 Å². The highest BCUT2D eigenvalue weighted by atomic mass is 32.2. The van der Waals surface area contributed by atoms with Crippen LogP contribution in [0.15, 0.2) is 23.1 Å². The van der Waals surface area contributed by atoms with Crippen molar-refractivity contribution < 1.29 is 9.53 Å². The lowest BCUT2D eigenvalue weighted by Crippen LogP contribution is -2.36. The summed E-state index contributed by atoms with van der Waals surface area (Å²) in [4.78, 5) is 12.8. The zero-order chi connectivity index (χ0) is 11.5. The van der Waals surface area contributed by atoms with Crippen LogP contribution >= 0.6 is 11.8 Å². The zero-order valence-corrected chi connectivity index (χ0v) is 10.1. The van der Waals surface area contributed by atoms with Gasteiger partial charge in [-0.05, 0) is 19.2 Å². The molecule has 5 heteroatoms. The van der Waals surface area contributed by atoms with Gasteiger partial charge in [0.05, 0.1) is 12.8 Å². The molecular weight excluding hydrogens is 224 g/mol. The predicted molar refractivity (Wildman–Crippen MR) is 65.2 cm³/mol. The van der Waals surface area contributed by atoms with Gasteiger partial charge in [-0.15, -0.1) is 11.8 Å². The van der Waals surface area contributed by atoms with Crippen molar-refractivity contribution in [3.05, 3.63) is 18.2 Å². The van der Waals surface area contributed by atoms with E-state index < -0.39 is 0 Å². The third-order valence-corrected chi connectivity index (χ3v) is 3.67. The number of amides is 1. The summed E-state index contributed by atoms with van der Waals surface area (Å²) in [5.74, 6) is 0.734. The van der Waals surface area contributed by atoms with E-state index in [-0.39, 0.29) is 11.2 Å². The Morgan fingerprint density at radius 1 is 1.56 bits per heavy atom. The van der Waals surface area contributed by atoms with Crippen molar-refractivity contribution in [3.8, 4) is 5.75 Å². The van der Waals surface area contributed by atoms with Gasteiger partial charge in [0.2, 0.25) is 5.91 Å². The van der Waals surface area contributed by atoms with Gasteiger partial charge in [-0.3, -0.25) is 4.79 Å². The van der Waals surface area contributed by atoms with Crippen molar-refractivity contribution in [2.45, 2.75) is 10.1 Å². The number of nitrogens with one attached hydrogen (secondary N) is 2. The van der Waals surface area contributed by atoms with Crippen molar-refractivity contribution >= 4 is 23.4 Å². The average Bonchev–Trinajstić information content (AvgIpc) is 2.30. The summed E-state index contributed by atoms with van der Waals surface area (Å²) in [6, 6.07) is 5.77. The minimum atomic E-state index is -0.0791. The van der Waals surface area contributed by atoms with E-state index in [4.69, 9.17) is 4.74 Å². The number of hydrogen-bond acceptors (Lipinski definition) is 4. The fourth-order valence-corrected chi connectivity index (χ4v) is 2.78. The fraction of sp³-hybridized carbons (Fsp3) is 0.364. The first kappa shape index (κ1) is 11.3. The molecule has 0 saturated carbocycles. The molecule has 0 spiro atoms. The summed E-state index contributed by atoms with van der Waals surface area (Å²) in [6.07, 6.45) is 0. The Morgan fingerprint density at radius 3 is 3.06 bits per heavy atom. The monoisotopic (exact) mass is 238 g/mol. The Hall–Kier alpha value is -1.20. The molecule has 1 aliphatic rings. The summed E-state index contributed by atoms with van der Waals surface area (Å²) in [5.41, 5.74) is 0.785. The van der Waals surface area contributed by atoms with Gasteiger partial charge in [-0.1, -0.05) is 6.07 Å². The zero-order valence-electron chi connectivity index (χ0n) is 9.24. The Bertz CT molecular complexity index is 409. The maximum absolute atomic E-state index is 11.8. The number of methoxy groups -OCH3 is 1. The second-order valence-corrected chi connectivity index (χ2v) is 4.73. The smallest absolute Gasteiger partial charge is 0.239 e. The molecule has 1 unspecified atom stereocenters. The average molecular weight is 238 g/mol. The number of carbonyl (C=O) groups is 1. The van der Waals surface area contributed by atoms with E-state index in [1.807, 2.05) is 25.2 Å². The van der Waals surface area contributed by atoms with Gasteiger partial charge in [-0.25, -0.2) is 0 Å². The van der Waals surface area contributed by atoms with Crippen LogP contribution in [-0.2, 0) is 4.79 Å².